The Balaban J connectivity index is 1.62. The second-order valence-corrected chi connectivity index (χ2v) is 9.53. The Bertz CT molecular complexity index is 889. The van der Waals surface area contributed by atoms with Crippen LogP contribution in [-0.2, 0) is 6.54 Å². The number of hydrogen-bond donors (Lipinski definition) is 2. The molecule has 1 aliphatic heterocycles. The fourth-order valence-electron chi connectivity index (χ4n) is 4.74. The van der Waals surface area contributed by atoms with E-state index in [9.17, 15) is 0 Å². The SMILES string of the molecule is COc1cccc(CN=C2Nc3ccccc3NC23CCC(C(C)(C)C)CC3)c1. The lowest BCUT2D eigenvalue weighted by atomic mass is 9.66. The standard InChI is InChI=1S/C25H33N3O/c1-24(2,3)19-12-14-25(15-13-19)23(27-21-10-5-6-11-22(21)28-25)26-17-18-8-7-9-20(16-18)29-4/h5-11,16,19,28H,12-15,17H2,1-4H3,(H,26,27). The lowest BCUT2D eigenvalue weighted by molar-refractivity contribution is 0.161. The molecule has 1 aliphatic carbocycles. The molecule has 1 fully saturated rings. The second-order valence-electron chi connectivity index (χ2n) is 9.53. The number of ether oxygens (including phenoxy) is 1. The summed E-state index contributed by atoms with van der Waals surface area (Å²) in [4.78, 5) is 5.08. The first-order chi connectivity index (χ1) is 13.9. The minimum atomic E-state index is -0.102. The minimum absolute atomic E-state index is 0.102. The van der Waals surface area contributed by atoms with Crippen LogP contribution in [0.5, 0.6) is 5.75 Å². The van der Waals surface area contributed by atoms with Gasteiger partial charge in [0.2, 0.25) is 0 Å². The van der Waals surface area contributed by atoms with Gasteiger partial charge in [-0.2, -0.15) is 0 Å². The quantitative estimate of drug-likeness (QED) is 0.664. The third-order valence-electron chi connectivity index (χ3n) is 6.63. The Hall–Kier alpha value is -2.49. The Kier molecular flexibility index (Phi) is 5.28. The molecule has 0 radical (unpaired) electrons. The molecule has 0 atom stereocenters. The molecular weight excluding hydrogens is 358 g/mol. The van der Waals surface area contributed by atoms with Crippen molar-refractivity contribution >= 4 is 17.2 Å². The molecule has 2 N–H and O–H groups in total. The van der Waals surface area contributed by atoms with Crippen molar-refractivity contribution in [2.75, 3.05) is 17.7 Å². The highest BCUT2D eigenvalue weighted by molar-refractivity contribution is 6.09. The van der Waals surface area contributed by atoms with E-state index in [-0.39, 0.29) is 5.54 Å². The van der Waals surface area contributed by atoms with Crippen molar-refractivity contribution < 1.29 is 4.74 Å². The number of methoxy groups -OCH3 is 1. The molecule has 0 bridgehead atoms. The van der Waals surface area contributed by atoms with Crippen molar-refractivity contribution in [1.29, 1.82) is 0 Å². The van der Waals surface area contributed by atoms with Crippen LogP contribution in [0.2, 0.25) is 0 Å². The Morgan fingerprint density at radius 2 is 1.76 bits per heavy atom. The zero-order valence-corrected chi connectivity index (χ0v) is 18.1. The average Bonchev–Trinajstić information content (AvgIpc) is 2.72. The minimum Gasteiger partial charge on any atom is -0.497 e. The highest BCUT2D eigenvalue weighted by Gasteiger charge is 2.44. The van der Waals surface area contributed by atoms with Crippen molar-refractivity contribution in [3.8, 4) is 5.75 Å². The van der Waals surface area contributed by atoms with Gasteiger partial charge in [-0.1, -0.05) is 45.0 Å². The van der Waals surface area contributed by atoms with Crippen molar-refractivity contribution in [3.63, 3.8) is 0 Å². The highest BCUT2D eigenvalue weighted by atomic mass is 16.5. The molecule has 1 saturated carbocycles. The van der Waals surface area contributed by atoms with Crippen molar-refractivity contribution in [2.45, 2.75) is 58.5 Å². The maximum atomic E-state index is 5.37. The molecule has 0 aromatic heterocycles. The molecule has 4 nitrogen and oxygen atoms in total. The summed E-state index contributed by atoms with van der Waals surface area (Å²) in [5.74, 6) is 2.71. The van der Waals surface area contributed by atoms with Gasteiger partial charge in [-0.25, -0.2) is 0 Å². The third-order valence-corrected chi connectivity index (χ3v) is 6.63. The van der Waals surface area contributed by atoms with Gasteiger partial charge in [0.1, 0.15) is 11.6 Å². The number of nitrogens with zero attached hydrogens (tertiary/aromatic N) is 1. The number of nitrogens with one attached hydrogen (secondary N) is 2. The molecule has 1 heterocycles. The van der Waals surface area contributed by atoms with Gasteiger partial charge in [0.05, 0.1) is 30.6 Å². The van der Waals surface area contributed by atoms with Crippen molar-refractivity contribution in [2.24, 2.45) is 16.3 Å². The summed E-state index contributed by atoms with van der Waals surface area (Å²) in [5.41, 5.74) is 3.72. The third kappa shape index (κ3) is 4.12. The van der Waals surface area contributed by atoms with Gasteiger partial charge in [-0.15, -0.1) is 0 Å². The predicted molar refractivity (Wildman–Crippen MR) is 122 cm³/mol. The Morgan fingerprint density at radius 3 is 2.45 bits per heavy atom. The lowest BCUT2D eigenvalue weighted by Gasteiger charge is -2.48. The molecule has 4 rings (SSSR count). The second kappa shape index (κ2) is 7.74. The number of fused-ring (bicyclic) bond motifs is 1. The largest absolute Gasteiger partial charge is 0.497 e. The first-order valence-electron chi connectivity index (χ1n) is 10.7. The molecule has 0 saturated heterocycles. The number of para-hydroxylation sites is 2. The fraction of sp³-hybridized carbons (Fsp3) is 0.480. The van der Waals surface area contributed by atoms with Crippen molar-refractivity contribution in [3.05, 3.63) is 54.1 Å². The van der Waals surface area contributed by atoms with Crippen LogP contribution >= 0.6 is 0 Å². The smallest absolute Gasteiger partial charge is 0.127 e. The van der Waals surface area contributed by atoms with Crippen LogP contribution < -0.4 is 15.4 Å². The Labute approximate surface area is 174 Å². The maximum absolute atomic E-state index is 5.37. The molecular formula is C25H33N3O. The predicted octanol–water partition coefficient (Wildman–Crippen LogP) is 6.11. The van der Waals surface area contributed by atoms with Crippen LogP contribution in [0.3, 0.4) is 0 Å². The molecule has 29 heavy (non-hydrogen) atoms. The summed E-state index contributed by atoms with van der Waals surface area (Å²) < 4.78 is 5.37. The highest BCUT2D eigenvalue weighted by Crippen LogP contribution is 2.45. The number of amidine groups is 1. The summed E-state index contributed by atoms with van der Waals surface area (Å²) in [7, 11) is 1.71. The van der Waals surface area contributed by atoms with E-state index in [0.29, 0.717) is 12.0 Å². The van der Waals surface area contributed by atoms with E-state index in [1.807, 2.05) is 12.1 Å². The molecule has 2 aromatic carbocycles. The van der Waals surface area contributed by atoms with Gasteiger partial charge in [0.15, 0.2) is 0 Å². The number of benzene rings is 2. The first kappa shape index (κ1) is 19.8. The van der Waals surface area contributed by atoms with Gasteiger partial charge in [0.25, 0.3) is 0 Å². The number of anilines is 2. The first-order valence-corrected chi connectivity index (χ1v) is 10.7. The normalized spacial score (nSPS) is 25.2. The van der Waals surface area contributed by atoms with Gasteiger partial charge < -0.3 is 15.4 Å². The van der Waals surface area contributed by atoms with Crippen molar-refractivity contribution in [1.82, 2.24) is 0 Å². The summed E-state index contributed by atoms with van der Waals surface area (Å²) in [6, 6.07) is 16.6. The van der Waals surface area contributed by atoms with Crippen LogP contribution in [0.4, 0.5) is 11.4 Å². The van der Waals surface area contributed by atoms with E-state index in [0.717, 1.165) is 41.6 Å². The topological polar surface area (TPSA) is 45.6 Å². The van der Waals surface area contributed by atoms with Crippen LogP contribution in [0.25, 0.3) is 0 Å². The van der Waals surface area contributed by atoms with Crippen LogP contribution in [0.1, 0.15) is 52.0 Å². The van der Waals surface area contributed by atoms with E-state index < -0.39 is 0 Å². The average molecular weight is 392 g/mol. The van der Waals surface area contributed by atoms with E-state index in [1.165, 1.54) is 18.5 Å². The van der Waals surface area contributed by atoms with Gasteiger partial charge in [-0.05, 0) is 66.8 Å². The van der Waals surface area contributed by atoms with Crippen LogP contribution in [-0.4, -0.2) is 18.5 Å². The molecule has 2 aliphatic rings. The summed E-state index contributed by atoms with van der Waals surface area (Å²) in [6.07, 6.45) is 4.65. The van der Waals surface area contributed by atoms with Crippen LogP contribution in [0, 0.1) is 11.3 Å². The molecule has 4 heteroatoms. The molecule has 0 unspecified atom stereocenters. The summed E-state index contributed by atoms with van der Waals surface area (Å²) in [6.45, 7) is 7.76. The molecule has 154 valence electrons. The number of aliphatic imine (C=N–C) groups is 1. The summed E-state index contributed by atoms with van der Waals surface area (Å²) in [5, 5.41) is 7.54. The number of rotatable bonds is 3. The molecule has 1 spiro atoms. The van der Waals surface area contributed by atoms with E-state index in [1.54, 1.807) is 7.11 Å². The van der Waals surface area contributed by atoms with Gasteiger partial charge in [0, 0.05) is 0 Å². The van der Waals surface area contributed by atoms with Gasteiger partial charge >= 0.3 is 0 Å². The molecule has 0 amide bonds. The van der Waals surface area contributed by atoms with E-state index in [2.05, 4.69) is 67.8 Å². The molecule has 2 aromatic rings. The van der Waals surface area contributed by atoms with E-state index >= 15 is 0 Å². The summed E-state index contributed by atoms with van der Waals surface area (Å²) >= 11 is 0. The zero-order valence-electron chi connectivity index (χ0n) is 18.1. The monoisotopic (exact) mass is 391 g/mol. The lowest BCUT2D eigenvalue weighted by Crippen LogP contribution is -2.55. The fourth-order valence-corrected chi connectivity index (χ4v) is 4.74. The van der Waals surface area contributed by atoms with Crippen LogP contribution in [0.15, 0.2) is 53.5 Å². The van der Waals surface area contributed by atoms with E-state index in [4.69, 9.17) is 9.73 Å². The van der Waals surface area contributed by atoms with Gasteiger partial charge in [-0.3, -0.25) is 4.99 Å². The zero-order chi connectivity index (χ0) is 20.5. The number of hydrogen-bond acceptors (Lipinski definition) is 3. The maximum Gasteiger partial charge on any atom is 0.127 e. The Morgan fingerprint density at radius 1 is 1.03 bits per heavy atom.